The van der Waals surface area contributed by atoms with Crippen molar-refractivity contribution >= 4 is 40.9 Å². The molecule has 42 heavy (non-hydrogen) atoms. The van der Waals surface area contributed by atoms with Crippen LogP contribution >= 0.6 is 23.2 Å². The molecule has 2 aromatic rings. The molecule has 11 heteroatoms. The van der Waals surface area contributed by atoms with E-state index in [9.17, 15) is 14.7 Å². The van der Waals surface area contributed by atoms with Crippen molar-refractivity contribution in [3.8, 4) is 11.5 Å². The molecule has 2 aromatic carbocycles. The Morgan fingerprint density at radius 2 is 1.83 bits per heavy atom. The van der Waals surface area contributed by atoms with Gasteiger partial charge in [0.15, 0.2) is 0 Å². The lowest BCUT2D eigenvalue weighted by atomic mass is 9.78. The molecule has 2 heterocycles. The molecule has 2 aliphatic rings. The summed E-state index contributed by atoms with van der Waals surface area (Å²) in [5.41, 5.74) is 6.57. The lowest BCUT2D eigenvalue weighted by Crippen LogP contribution is -2.57. The first kappa shape index (κ1) is 32.0. The van der Waals surface area contributed by atoms with E-state index in [1.807, 2.05) is 12.1 Å². The largest absolute Gasteiger partial charge is 0.496 e. The number of carbonyl (C=O) groups excluding carboxylic acids is 1. The summed E-state index contributed by atoms with van der Waals surface area (Å²) in [5.74, 6) is 1.72. The number of likely N-dealkylation sites (tertiary alicyclic amines) is 2. The number of nitrogens with two attached hydrogens (primary N) is 1. The average Bonchev–Trinajstić information content (AvgIpc) is 2.96. The highest BCUT2D eigenvalue weighted by Crippen LogP contribution is 2.34. The quantitative estimate of drug-likeness (QED) is 0.290. The van der Waals surface area contributed by atoms with Gasteiger partial charge in [-0.25, -0.2) is 4.79 Å². The van der Waals surface area contributed by atoms with Crippen LogP contribution in [0.3, 0.4) is 0 Å². The molecule has 4 rings (SSSR count). The molecule has 0 aromatic heterocycles. The van der Waals surface area contributed by atoms with Crippen molar-refractivity contribution in [2.45, 2.75) is 39.2 Å². The third-order valence-electron chi connectivity index (χ3n) is 8.55. The molecule has 2 fully saturated rings. The van der Waals surface area contributed by atoms with Gasteiger partial charge in [0.1, 0.15) is 11.5 Å². The molecule has 2 amide bonds. The van der Waals surface area contributed by atoms with Crippen molar-refractivity contribution in [1.82, 2.24) is 15.1 Å². The Balaban J connectivity index is 1.37. The zero-order valence-corrected chi connectivity index (χ0v) is 26.0. The van der Waals surface area contributed by atoms with Gasteiger partial charge in [0, 0.05) is 42.7 Å². The van der Waals surface area contributed by atoms with Gasteiger partial charge in [0.2, 0.25) is 0 Å². The van der Waals surface area contributed by atoms with Crippen LogP contribution < -0.4 is 20.5 Å². The molecule has 230 valence electrons. The number of carboxylic acid groups (broad SMARTS) is 1. The van der Waals surface area contributed by atoms with E-state index in [0.29, 0.717) is 58.6 Å². The minimum absolute atomic E-state index is 0.00161. The number of anilines is 1. The zero-order valence-electron chi connectivity index (χ0n) is 24.5. The fraction of sp³-hybridized carbons (Fsp3) is 0.548. The highest BCUT2D eigenvalue weighted by atomic mass is 35.5. The monoisotopic (exact) mass is 620 g/mol. The number of methoxy groups -OCH3 is 1. The number of nitrogen functional groups attached to an aromatic ring is 1. The van der Waals surface area contributed by atoms with Crippen molar-refractivity contribution < 1.29 is 24.2 Å². The lowest BCUT2D eigenvalue weighted by Gasteiger charge is -2.46. The number of amides is 2. The lowest BCUT2D eigenvalue weighted by molar-refractivity contribution is 0.00611. The van der Waals surface area contributed by atoms with Gasteiger partial charge < -0.3 is 35.4 Å². The topological polar surface area (TPSA) is 117 Å². The molecule has 0 saturated carbocycles. The van der Waals surface area contributed by atoms with Gasteiger partial charge >= 0.3 is 6.09 Å². The van der Waals surface area contributed by atoms with Crippen molar-refractivity contribution in [2.24, 2.45) is 23.7 Å². The maximum absolute atomic E-state index is 12.9. The summed E-state index contributed by atoms with van der Waals surface area (Å²) in [6.07, 6.45) is 1.95. The number of halogens is 2. The second-order valence-electron chi connectivity index (χ2n) is 11.8. The van der Waals surface area contributed by atoms with E-state index >= 15 is 0 Å². The number of nitrogens with one attached hydrogen (secondary N) is 1. The Kier molecular flexibility index (Phi) is 11.1. The molecule has 2 aliphatic heterocycles. The summed E-state index contributed by atoms with van der Waals surface area (Å²) >= 11 is 12.2. The van der Waals surface area contributed by atoms with Crippen LogP contribution in [0.25, 0.3) is 0 Å². The van der Waals surface area contributed by atoms with E-state index in [0.717, 1.165) is 44.6 Å². The second kappa shape index (κ2) is 14.5. The fourth-order valence-electron chi connectivity index (χ4n) is 6.48. The van der Waals surface area contributed by atoms with Crippen LogP contribution in [-0.4, -0.2) is 79.4 Å². The van der Waals surface area contributed by atoms with E-state index in [2.05, 4.69) is 24.1 Å². The average molecular weight is 622 g/mol. The van der Waals surface area contributed by atoms with E-state index in [1.165, 1.54) is 13.2 Å². The third-order valence-corrected chi connectivity index (χ3v) is 9.13. The number of piperidine rings is 2. The first-order valence-electron chi connectivity index (χ1n) is 14.6. The van der Waals surface area contributed by atoms with Crippen LogP contribution in [0, 0.1) is 23.7 Å². The van der Waals surface area contributed by atoms with Gasteiger partial charge in [-0.1, -0.05) is 37.0 Å². The number of hydrogen-bond acceptors (Lipinski definition) is 6. The molecule has 0 radical (unpaired) electrons. The number of ether oxygens (including phenoxy) is 2. The summed E-state index contributed by atoms with van der Waals surface area (Å²) in [4.78, 5) is 29.2. The molecule has 0 aliphatic carbocycles. The van der Waals surface area contributed by atoms with Gasteiger partial charge in [-0.2, -0.15) is 0 Å². The van der Waals surface area contributed by atoms with Gasteiger partial charge in [-0.15, -0.1) is 0 Å². The van der Waals surface area contributed by atoms with Crippen LogP contribution in [0.15, 0.2) is 36.4 Å². The molecular weight excluding hydrogens is 579 g/mol. The van der Waals surface area contributed by atoms with Crippen molar-refractivity contribution in [3.05, 3.63) is 52.0 Å². The first-order valence-corrected chi connectivity index (χ1v) is 15.3. The summed E-state index contributed by atoms with van der Waals surface area (Å²) < 4.78 is 11.5. The predicted molar refractivity (Wildman–Crippen MR) is 166 cm³/mol. The number of benzene rings is 2. The minimum atomic E-state index is -0.872. The minimum Gasteiger partial charge on any atom is -0.496 e. The molecule has 2 saturated heterocycles. The van der Waals surface area contributed by atoms with Gasteiger partial charge in [-0.3, -0.25) is 4.79 Å². The number of rotatable bonds is 10. The molecule has 9 nitrogen and oxygen atoms in total. The SMILES string of the molecule is COc1cc(N)c(Cl)cc1C(=O)NCC1CCN(CC(COc2ccc(Cl)cc2)C2C(C)CC(C)CN2C(=O)O)CC1. The maximum atomic E-state index is 12.9. The van der Waals surface area contributed by atoms with Gasteiger partial charge in [0.25, 0.3) is 5.91 Å². The number of hydrogen-bond donors (Lipinski definition) is 3. The normalized spacial score (nSPS) is 22.4. The fourth-order valence-corrected chi connectivity index (χ4v) is 6.77. The van der Waals surface area contributed by atoms with E-state index in [1.54, 1.807) is 23.1 Å². The third kappa shape index (κ3) is 8.14. The highest BCUT2D eigenvalue weighted by Gasteiger charge is 2.41. The molecule has 4 N–H and O–H groups in total. The van der Waals surface area contributed by atoms with Crippen LogP contribution in [-0.2, 0) is 0 Å². The van der Waals surface area contributed by atoms with Gasteiger partial charge in [0.05, 0.1) is 30.0 Å². The smallest absolute Gasteiger partial charge is 0.407 e. The standard InChI is InChI=1S/C31H42Cl2N4O5/c1-19-12-20(2)29(37(16-19)31(39)40)22(18-42-24-6-4-23(32)5-7-24)17-36-10-8-21(9-11-36)15-35-30(38)25-13-26(33)27(34)14-28(25)41-3/h4-7,13-14,19-22,29H,8-12,15-18,34H2,1-3H3,(H,35,38)(H,39,40). The van der Waals surface area contributed by atoms with E-state index in [4.69, 9.17) is 38.4 Å². The Morgan fingerprint density at radius 3 is 2.48 bits per heavy atom. The highest BCUT2D eigenvalue weighted by molar-refractivity contribution is 6.33. The molecule has 0 spiro atoms. The Labute approximate surface area is 258 Å². The summed E-state index contributed by atoms with van der Waals surface area (Å²) in [6.45, 7) is 8.22. The molecular formula is C31H42Cl2N4O5. The Bertz CT molecular complexity index is 1220. The van der Waals surface area contributed by atoms with Crippen LogP contribution in [0.2, 0.25) is 10.0 Å². The molecule has 4 atom stereocenters. The molecule has 0 bridgehead atoms. The first-order chi connectivity index (χ1) is 20.0. The zero-order chi connectivity index (χ0) is 30.4. The number of nitrogens with zero attached hydrogens (tertiary/aromatic N) is 2. The predicted octanol–water partition coefficient (Wildman–Crippen LogP) is 5.75. The summed E-state index contributed by atoms with van der Waals surface area (Å²) in [5, 5.41) is 14.1. The summed E-state index contributed by atoms with van der Waals surface area (Å²) in [7, 11) is 1.49. The Hall–Kier alpha value is -2.88. The second-order valence-corrected chi connectivity index (χ2v) is 12.6. The number of carbonyl (C=O) groups is 2. The van der Waals surface area contributed by atoms with Crippen molar-refractivity contribution in [1.29, 1.82) is 0 Å². The maximum Gasteiger partial charge on any atom is 0.407 e. The van der Waals surface area contributed by atoms with Crippen LogP contribution in [0.1, 0.15) is 43.5 Å². The Morgan fingerprint density at radius 1 is 1.14 bits per heavy atom. The molecule has 4 unspecified atom stereocenters. The van der Waals surface area contributed by atoms with E-state index in [-0.39, 0.29) is 23.8 Å². The van der Waals surface area contributed by atoms with Crippen molar-refractivity contribution in [3.63, 3.8) is 0 Å². The van der Waals surface area contributed by atoms with E-state index < -0.39 is 6.09 Å². The summed E-state index contributed by atoms with van der Waals surface area (Å²) in [6, 6.07) is 10.2. The van der Waals surface area contributed by atoms with Gasteiger partial charge in [-0.05, 0) is 80.4 Å². The van der Waals surface area contributed by atoms with Crippen LogP contribution in [0.4, 0.5) is 10.5 Å². The van der Waals surface area contributed by atoms with Crippen molar-refractivity contribution in [2.75, 3.05) is 52.2 Å². The van der Waals surface area contributed by atoms with Crippen LogP contribution in [0.5, 0.6) is 11.5 Å².